The van der Waals surface area contributed by atoms with Crippen molar-refractivity contribution in [2.24, 2.45) is 5.41 Å². The van der Waals surface area contributed by atoms with Crippen LogP contribution in [0.4, 0.5) is 4.39 Å². The molecular formula is C23H27FN2O2. The van der Waals surface area contributed by atoms with Crippen molar-refractivity contribution in [3.8, 4) is 0 Å². The molecule has 0 fully saturated rings. The zero-order chi connectivity index (χ0) is 20.7. The normalized spacial score (nSPS) is 12.6. The molecule has 0 aliphatic heterocycles. The maximum Gasteiger partial charge on any atom is 0.251 e. The van der Waals surface area contributed by atoms with Gasteiger partial charge < -0.3 is 10.6 Å². The summed E-state index contributed by atoms with van der Waals surface area (Å²) in [5.41, 5.74) is 2.24. The maximum atomic E-state index is 13.2. The van der Waals surface area contributed by atoms with Crippen LogP contribution in [0.25, 0.3) is 6.08 Å². The molecule has 0 saturated carbocycles. The fourth-order valence-corrected chi connectivity index (χ4v) is 2.84. The zero-order valence-corrected chi connectivity index (χ0v) is 16.8. The molecule has 0 aromatic heterocycles. The van der Waals surface area contributed by atoms with E-state index >= 15 is 0 Å². The summed E-state index contributed by atoms with van der Waals surface area (Å²) in [6, 6.07) is 13.0. The van der Waals surface area contributed by atoms with E-state index in [0.717, 1.165) is 17.5 Å². The Morgan fingerprint density at radius 1 is 1.04 bits per heavy atom. The van der Waals surface area contributed by atoms with Gasteiger partial charge in [0.25, 0.3) is 5.91 Å². The summed E-state index contributed by atoms with van der Waals surface area (Å²) in [6.45, 7) is 6.29. The van der Waals surface area contributed by atoms with Gasteiger partial charge in [0, 0.05) is 18.7 Å². The predicted octanol–water partition coefficient (Wildman–Crippen LogP) is 4.49. The Balaban J connectivity index is 2.09. The fourth-order valence-electron chi connectivity index (χ4n) is 2.84. The Hall–Kier alpha value is -2.95. The summed E-state index contributed by atoms with van der Waals surface area (Å²) in [6.07, 6.45) is 3.88. The first-order valence-electron chi connectivity index (χ1n) is 9.24. The number of benzene rings is 2. The van der Waals surface area contributed by atoms with Crippen molar-refractivity contribution in [3.63, 3.8) is 0 Å². The van der Waals surface area contributed by atoms with Crippen molar-refractivity contribution in [3.05, 3.63) is 77.1 Å². The van der Waals surface area contributed by atoms with Crippen molar-refractivity contribution in [2.45, 2.75) is 33.2 Å². The molecule has 0 aliphatic rings. The van der Waals surface area contributed by atoms with Crippen LogP contribution in [-0.2, 0) is 4.79 Å². The Morgan fingerprint density at radius 3 is 2.18 bits per heavy atom. The first-order valence-corrected chi connectivity index (χ1v) is 9.24. The molecule has 2 aromatic carbocycles. The highest BCUT2D eigenvalue weighted by atomic mass is 19.1. The molecule has 4 nitrogen and oxygen atoms in total. The standard InChI is InChI=1S/C23H27FN2O2/c1-23(2,3)15-20(17-10-12-19(24)13-11-17)26-21(27)14-7-16-5-8-18(9-6-16)22(28)25-4/h5-14,20H,15H2,1-4H3,(H,25,28)(H,26,27)/b14-7+. The smallest absolute Gasteiger partial charge is 0.251 e. The van der Waals surface area contributed by atoms with Gasteiger partial charge in [0.1, 0.15) is 5.82 Å². The van der Waals surface area contributed by atoms with E-state index in [9.17, 15) is 14.0 Å². The highest BCUT2D eigenvalue weighted by molar-refractivity contribution is 5.94. The van der Waals surface area contributed by atoms with E-state index in [1.165, 1.54) is 18.2 Å². The quantitative estimate of drug-likeness (QED) is 0.723. The van der Waals surface area contributed by atoms with E-state index in [1.54, 1.807) is 49.5 Å². The first-order chi connectivity index (χ1) is 13.2. The van der Waals surface area contributed by atoms with Crippen molar-refractivity contribution in [1.82, 2.24) is 10.6 Å². The van der Waals surface area contributed by atoms with E-state index in [4.69, 9.17) is 0 Å². The molecule has 5 heteroatoms. The van der Waals surface area contributed by atoms with Crippen LogP contribution >= 0.6 is 0 Å². The molecule has 2 N–H and O–H groups in total. The summed E-state index contributed by atoms with van der Waals surface area (Å²) in [7, 11) is 1.58. The van der Waals surface area contributed by atoms with Crippen LogP contribution in [0.15, 0.2) is 54.6 Å². The van der Waals surface area contributed by atoms with Crippen molar-refractivity contribution >= 4 is 17.9 Å². The molecule has 0 bridgehead atoms. The van der Waals surface area contributed by atoms with Crippen LogP contribution in [0.5, 0.6) is 0 Å². The molecular weight excluding hydrogens is 355 g/mol. The second-order valence-corrected chi connectivity index (χ2v) is 7.91. The molecule has 2 aromatic rings. The third kappa shape index (κ3) is 6.65. The Bertz CT molecular complexity index is 834. The van der Waals surface area contributed by atoms with Gasteiger partial charge in [0.05, 0.1) is 6.04 Å². The molecule has 0 radical (unpaired) electrons. The number of carbonyl (C=O) groups excluding carboxylic acids is 2. The minimum absolute atomic E-state index is 0.00821. The van der Waals surface area contributed by atoms with E-state index in [1.807, 2.05) is 0 Å². The molecule has 0 spiro atoms. The summed E-state index contributed by atoms with van der Waals surface area (Å²) in [4.78, 5) is 24.0. The number of hydrogen-bond donors (Lipinski definition) is 2. The minimum Gasteiger partial charge on any atom is -0.355 e. The van der Waals surface area contributed by atoms with Gasteiger partial charge in [0.15, 0.2) is 0 Å². The van der Waals surface area contributed by atoms with Crippen LogP contribution < -0.4 is 10.6 Å². The molecule has 0 saturated heterocycles. The lowest BCUT2D eigenvalue weighted by Crippen LogP contribution is -2.30. The number of hydrogen-bond acceptors (Lipinski definition) is 2. The highest BCUT2D eigenvalue weighted by Gasteiger charge is 2.21. The number of amides is 2. The summed E-state index contributed by atoms with van der Waals surface area (Å²) in [5, 5.41) is 5.57. The average Bonchev–Trinajstić information content (AvgIpc) is 2.65. The first kappa shape index (κ1) is 21.4. The molecule has 1 atom stereocenters. The fraction of sp³-hybridized carbons (Fsp3) is 0.304. The van der Waals surface area contributed by atoms with E-state index < -0.39 is 0 Å². The van der Waals surface area contributed by atoms with Gasteiger partial charge >= 0.3 is 0 Å². The Morgan fingerprint density at radius 2 is 1.64 bits per heavy atom. The van der Waals surface area contributed by atoms with Gasteiger partial charge in [-0.25, -0.2) is 4.39 Å². The second-order valence-electron chi connectivity index (χ2n) is 7.91. The van der Waals surface area contributed by atoms with Gasteiger partial charge in [-0.2, -0.15) is 0 Å². The minimum atomic E-state index is -0.301. The second kappa shape index (κ2) is 9.31. The van der Waals surface area contributed by atoms with E-state index in [2.05, 4.69) is 31.4 Å². The van der Waals surface area contributed by atoms with Gasteiger partial charge in [-0.15, -0.1) is 0 Å². The summed E-state index contributed by atoms with van der Waals surface area (Å²) >= 11 is 0. The van der Waals surface area contributed by atoms with Gasteiger partial charge in [-0.05, 0) is 53.3 Å². The molecule has 28 heavy (non-hydrogen) atoms. The lowest BCUT2D eigenvalue weighted by atomic mass is 9.85. The van der Waals surface area contributed by atoms with E-state index in [0.29, 0.717) is 5.56 Å². The maximum absolute atomic E-state index is 13.2. The molecule has 2 rings (SSSR count). The van der Waals surface area contributed by atoms with Crippen LogP contribution in [0.2, 0.25) is 0 Å². The molecule has 1 unspecified atom stereocenters. The van der Waals surface area contributed by atoms with Crippen molar-refractivity contribution < 1.29 is 14.0 Å². The lowest BCUT2D eigenvalue weighted by molar-refractivity contribution is -0.117. The van der Waals surface area contributed by atoms with Crippen LogP contribution in [0.1, 0.15) is 54.7 Å². The molecule has 148 valence electrons. The Labute approximate surface area is 165 Å². The SMILES string of the molecule is CNC(=O)c1ccc(/C=C/C(=O)NC(CC(C)(C)C)c2ccc(F)cc2)cc1. The molecule has 0 heterocycles. The number of nitrogens with one attached hydrogen (secondary N) is 2. The summed E-state index contributed by atoms with van der Waals surface area (Å²) < 4.78 is 13.2. The van der Waals surface area contributed by atoms with E-state index in [-0.39, 0.29) is 29.1 Å². The number of halogens is 1. The molecule has 2 amide bonds. The number of carbonyl (C=O) groups is 2. The van der Waals surface area contributed by atoms with Gasteiger partial charge in [0.2, 0.25) is 5.91 Å². The van der Waals surface area contributed by atoms with Crippen LogP contribution in [0.3, 0.4) is 0 Å². The van der Waals surface area contributed by atoms with Crippen LogP contribution in [0, 0.1) is 11.2 Å². The summed E-state index contributed by atoms with van der Waals surface area (Å²) in [5.74, 6) is -0.684. The predicted molar refractivity (Wildman–Crippen MR) is 110 cm³/mol. The average molecular weight is 382 g/mol. The lowest BCUT2D eigenvalue weighted by Gasteiger charge is -2.27. The van der Waals surface area contributed by atoms with Gasteiger partial charge in [-0.3, -0.25) is 9.59 Å². The molecule has 0 aliphatic carbocycles. The third-order valence-corrected chi connectivity index (χ3v) is 4.23. The zero-order valence-electron chi connectivity index (χ0n) is 16.8. The van der Waals surface area contributed by atoms with Crippen molar-refractivity contribution in [1.29, 1.82) is 0 Å². The van der Waals surface area contributed by atoms with Crippen molar-refractivity contribution in [2.75, 3.05) is 7.05 Å². The monoisotopic (exact) mass is 382 g/mol. The topological polar surface area (TPSA) is 58.2 Å². The van der Waals surface area contributed by atoms with Gasteiger partial charge in [-0.1, -0.05) is 45.0 Å². The number of rotatable bonds is 6. The van der Waals surface area contributed by atoms with Crippen LogP contribution in [-0.4, -0.2) is 18.9 Å². The highest BCUT2D eigenvalue weighted by Crippen LogP contribution is 2.29. The Kier molecular flexibility index (Phi) is 7.10. The largest absolute Gasteiger partial charge is 0.355 e. The third-order valence-electron chi connectivity index (χ3n) is 4.23.